The fraction of sp³-hybridized carbons (Fsp3) is 0.333. The molecule has 0 spiro atoms. The van der Waals surface area contributed by atoms with Crippen LogP contribution in [0.1, 0.15) is 30.4 Å². The van der Waals surface area contributed by atoms with Gasteiger partial charge in [0.2, 0.25) is 0 Å². The van der Waals surface area contributed by atoms with Gasteiger partial charge >= 0.3 is 18.2 Å². The summed E-state index contributed by atoms with van der Waals surface area (Å²) in [5.41, 5.74) is 4.00. The second kappa shape index (κ2) is 8.14. The number of hydrogen-bond donors (Lipinski definition) is 2. The number of alkyl carbamates (subject to hydrolysis) is 1. The number of fused-ring (bicyclic) bond motifs is 3. The molecule has 2 aromatic carbocycles. The molecular formula is C21H20F3NO4. The van der Waals surface area contributed by atoms with E-state index in [1.807, 2.05) is 53.8 Å². The number of hydrogen-bond acceptors (Lipinski definition) is 3. The fourth-order valence-electron chi connectivity index (χ4n) is 3.49. The van der Waals surface area contributed by atoms with Gasteiger partial charge in [-0.05, 0) is 28.7 Å². The third-order valence-corrected chi connectivity index (χ3v) is 5.08. The van der Waals surface area contributed by atoms with Crippen molar-refractivity contribution < 1.29 is 32.6 Å². The Labute approximate surface area is 165 Å². The first-order valence-corrected chi connectivity index (χ1v) is 9.09. The van der Waals surface area contributed by atoms with Gasteiger partial charge in [-0.15, -0.1) is 0 Å². The second-order valence-corrected chi connectivity index (χ2v) is 7.04. The molecule has 1 amide bonds. The van der Waals surface area contributed by atoms with Crippen LogP contribution < -0.4 is 5.32 Å². The number of benzene rings is 2. The first-order chi connectivity index (χ1) is 13.7. The van der Waals surface area contributed by atoms with Crippen molar-refractivity contribution in [1.29, 1.82) is 0 Å². The maximum absolute atomic E-state index is 12.7. The second-order valence-electron chi connectivity index (χ2n) is 7.04. The number of nitrogens with one attached hydrogen (secondary N) is 1. The van der Waals surface area contributed by atoms with Crippen LogP contribution in [0.3, 0.4) is 0 Å². The third-order valence-electron chi connectivity index (χ3n) is 5.08. The van der Waals surface area contributed by atoms with Gasteiger partial charge in [-0.25, -0.2) is 9.59 Å². The molecule has 0 unspecified atom stereocenters. The number of halogens is 3. The maximum Gasteiger partial charge on any atom is 0.407 e. The number of rotatable bonds is 6. The molecule has 2 atom stereocenters. The zero-order valence-corrected chi connectivity index (χ0v) is 15.6. The largest absolute Gasteiger partial charge is 0.480 e. The number of carboxylic acid groups (broad SMARTS) is 1. The number of amides is 1. The lowest BCUT2D eigenvalue weighted by Gasteiger charge is -2.21. The molecule has 29 heavy (non-hydrogen) atoms. The predicted molar refractivity (Wildman–Crippen MR) is 99.5 cm³/mol. The zero-order valence-electron chi connectivity index (χ0n) is 15.6. The summed E-state index contributed by atoms with van der Waals surface area (Å²) in [5, 5.41) is 11.2. The van der Waals surface area contributed by atoms with Crippen molar-refractivity contribution >= 4 is 12.1 Å². The van der Waals surface area contributed by atoms with Crippen LogP contribution >= 0.6 is 0 Å². The molecule has 3 rings (SSSR count). The van der Waals surface area contributed by atoms with Crippen molar-refractivity contribution in [2.24, 2.45) is 5.92 Å². The van der Waals surface area contributed by atoms with Crippen molar-refractivity contribution in [2.75, 3.05) is 6.61 Å². The van der Waals surface area contributed by atoms with Gasteiger partial charge in [0.05, 0.1) is 5.92 Å². The number of ether oxygens (including phenoxy) is 1. The Kier molecular flexibility index (Phi) is 5.81. The van der Waals surface area contributed by atoms with E-state index in [1.165, 1.54) is 0 Å². The normalized spacial score (nSPS) is 15.2. The van der Waals surface area contributed by atoms with E-state index >= 15 is 0 Å². The van der Waals surface area contributed by atoms with Gasteiger partial charge in [-0.2, -0.15) is 13.2 Å². The van der Waals surface area contributed by atoms with Crippen molar-refractivity contribution in [3.05, 3.63) is 59.7 Å². The van der Waals surface area contributed by atoms with E-state index in [4.69, 9.17) is 9.84 Å². The van der Waals surface area contributed by atoms with Gasteiger partial charge in [-0.3, -0.25) is 0 Å². The number of alkyl halides is 3. The SMILES string of the molecule is C[C@H](C[C@@H](NC(=O)OCC1c2ccccc2-c2ccccc21)C(=O)O)C(F)(F)F. The lowest BCUT2D eigenvalue weighted by molar-refractivity contribution is -0.174. The summed E-state index contributed by atoms with van der Waals surface area (Å²) in [4.78, 5) is 23.3. The highest BCUT2D eigenvalue weighted by Crippen LogP contribution is 2.44. The quantitative estimate of drug-likeness (QED) is 0.736. The molecule has 1 aliphatic carbocycles. The summed E-state index contributed by atoms with van der Waals surface area (Å²) < 4.78 is 43.3. The Morgan fingerprint density at radius 3 is 2.07 bits per heavy atom. The molecule has 0 fully saturated rings. The minimum Gasteiger partial charge on any atom is -0.480 e. The molecule has 1 aliphatic rings. The first-order valence-electron chi connectivity index (χ1n) is 9.09. The predicted octanol–water partition coefficient (Wildman–Crippen LogP) is 4.57. The number of carbonyl (C=O) groups excluding carboxylic acids is 1. The summed E-state index contributed by atoms with van der Waals surface area (Å²) in [6, 6.07) is 13.6. The van der Waals surface area contributed by atoms with E-state index in [9.17, 15) is 22.8 Å². The molecule has 0 saturated carbocycles. The maximum atomic E-state index is 12.7. The lowest BCUT2D eigenvalue weighted by atomic mass is 9.98. The highest BCUT2D eigenvalue weighted by Gasteiger charge is 2.39. The van der Waals surface area contributed by atoms with Crippen LogP contribution in [0, 0.1) is 5.92 Å². The molecule has 0 aliphatic heterocycles. The minimum absolute atomic E-state index is 0.0545. The average molecular weight is 407 g/mol. The van der Waals surface area contributed by atoms with E-state index < -0.39 is 36.6 Å². The van der Waals surface area contributed by atoms with Crippen LogP contribution in [0.2, 0.25) is 0 Å². The van der Waals surface area contributed by atoms with Crippen LogP contribution in [0.5, 0.6) is 0 Å². The summed E-state index contributed by atoms with van der Waals surface area (Å²) >= 11 is 0. The van der Waals surface area contributed by atoms with Gasteiger partial charge in [-0.1, -0.05) is 55.5 Å². The standard InChI is InChI=1S/C21H20F3NO4/c1-12(21(22,23)24)10-18(19(26)27)25-20(28)29-11-17-15-8-4-2-6-13(15)14-7-3-5-9-16(14)17/h2-9,12,17-18H,10-11H2,1H3,(H,25,28)(H,26,27)/t12-,18-/m1/s1. The number of carbonyl (C=O) groups is 2. The molecule has 0 radical (unpaired) electrons. The molecular weight excluding hydrogens is 387 g/mol. The Morgan fingerprint density at radius 2 is 1.59 bits per heavy atom. The van der Waals surface area contributed by atoms with Gasteiger partial charge in [0, 0.05) is 5.92 Å². The molecule has 0 bridgehead atoms. The summed E-state index contributed by atoms with van der Waals surface area (Å²) in [6.07, 6.45) is -6.38. The lowest BCUT2D eigenvalue weighted by Crippen LogP contribution is -2.44. The highest BCUT2D eigenvalue weighted by molar-refractivity contribution is 5.81. The van der Waals surface area contributed by atoms with Gasteiger partial charge in [0.1, 0.15) is 12.6 Å². The number of aliphatic carboxylic acids is 1. The molecule has 2 N–H and O–H groups in total. The van der Waals surface area contributed by atoms with Crippen molar-refractivity contribution in [3.8, 4) is 11.1 Å². The van der Waals surface area contributed by atoms with Crippen LogP contribution in [0.25, 0.3) is 11.1 Å². The van der Waals surface area contributed by atoms with Crippen LogP contribution in [-0.2, 0) is 9.53 Å². The Bertz CT molecular complexity index is 867. The van der Waals surface area contributed by atoms with Crippen molar-refractivity contribution in [3.63, 3.8) is 0 Å². The Balaban J connectivity index is 1.67. The average Bonchev–Trinajstić information content (AvgIpc) is 2.99. The molecule has 154 valence electrons. The molecule has 0 aromatic heterocycles. The molecule has 0 heterocycles. The van der Waals surface area contributed by atoms with Crippen molar-refractivity contribution in [2.45, 2.75) is 31.5 Å². The Morgan fingerprint density at radius 1 is 1.07 bits per heavy atom. The molecule has 2 aromatic rings. The van der Waals surface area contributed by atoms with E-state index in [0.717, 1.165) is 29.2 Å². The van der Waals surface area contributed by atoms with Gasteiger partial charge in [0.15, 0.2) is 0 Å². The number of carboxylic acids is 1. The van der Waals surface area contributed by atoms with Crippen LogP contribution in [-0.4, -0.2) is 36.0 Å². The summed E-state index contributed by atoms with van der Waals surface area (Å²) in [6.45, 7) is 0.816. The monoisotopic (exact) mass is 407 g/mol. The first kappa shape index (κ1) is 20.7. The molecule has 0 saturated heterocycles. The molecule has 5 nitrogen and oxygen atoms in total. The van der Waals surface area contributed by atoms with E-state index in [0.29, 0.717) is 0 Å². The topological polar surface area (TPSA) is 75.6 Å². The van der Waals surface area contributed by atoms with E-state index in [-0.39, 0.29) is 12.5 Å². The van der Waals surface area contributed by atoms with Crippen LogP contribution in [0.4, 0.5) is 18.0 Å². The highest BCUT2D eigenvalue weighted by atomic mass is 19.4. The van der Waals surface area contributed by atoms with E-state index in [2.05, 4.69) is 0 Å². The fourth-order valence-corrected chi connectivity index (χ4v) is 3.49. The van der Waals surface area contributed by atoms with Gasteiger partial charge < -0.3 is 15.2 Å². The zero-order chi connectivity index (χ0) is 21.2. The minimum atomic E-state index is -4.55. The van der Waals surface area contributed by atoms with Crippen molar-refractivity contribution in [1.82, 2.24) is 5.32 Å². The Hall–Kier alpha value is -3.03. The summed E-state index contributed by atoms with van der Waals surface area (Å²) in [7, 11) is 0. The third kappa shape index (κ3) is 4.52. The molecule has 8 heteroatoms. The van der Waals surface area contributed by atoms with Crippen LogP contribution in [0.15, 0.2) is 48.5 Å². The smallest absolute Gasteiger partial charge is 0.407 e. The van der Waals surface area contributed by atoms with E-state index in [1.54, 1.807) is 0 Å². The van der Waals surface area contributed by atoms with Gasteiger partial charge in [0.25, 0.3) is 0 Å². The summed E-state index contributed by atoms with van der Waals surface area (Å²) in [5.74, 6) is -3.65.